The number of nitrogens with one attached hydrogen (secondary N) is 1. The molecule has 0 unspecified atom stereocenters. The summed E-state index contributed by atoms with van der Waals surface area (Å²) in [4.78, 5) is 2.05. The molecule has 126 valence electrons. The molecule has 1 aromatic heterocycles. The molecule has 7 nitrogen and oxygen atoms in total. The summed E-state index contributed by atoms with van der Waals surface area (Å²) in [5, 5.41) is 8.72. The monoisotopic (exact) mass is 338 g/mol. The maximum absolute atomic E-state index is 12.7. The maximum Gasteiger partial charge on any atom is 0.280 e. The van der Waals surface area contributed by atoms with Gasteiger partial charge in [0.25, 0.3) is 10.2 Å². The Kier molecular flexibility index (Phi) is 5.02. The van der Waals surface area contributed by atoms with Crippen molar-refractivity contribution in [3.8, 4) is 6.07 Å². The molecule has 1 N–H and O–H groups in total. The molecule has 0 bridgehead atoms. The molecule has 3 heterocycles. The third-order valence-electron chi connectivity index (χ3n) is 4.58. The van der Waals surface area contributed by atoms with Crippen LogP contribution in [0.25, 0.3) is 0 Å². The largest absolute Gasteiger partial charge is 0.468 e. The summed E-state index contributed by atoms with van der Waals surface area (Å²) in [5.74, 6) is 0.705. The second-order valence-electron chi connectivity index (χ2n) is 6.12. The van der Waals surface area contributed by atoms with E-state index < -0.39 is 10.2 Å². The van der Waals surface area contributed by atoms with Crippen LogP contribution in [0.4, 0.5) is 0 Å². The Labute approximate surface area is 137 Å². The Balaban J connectivity index is 1.62. The lowest BCUT2D eigenvalue weighted by atomic mass is 10.1. The van der Waals surface area contributed by atoms with E-state index >= 15 is 0 Å². The third kappa shape index (κ3) is 3.75. The van der Waals surface area contributed by atoms with Crippen LogP contribution in [0.1, 0.15) is 37.5 Å². The fourth-order valence-corrected chi connectivity index (χ4v) is 5.09. The van der Waals surface area contributed by atoms with Crippen LogP contribution in [0.2, 0.25) is 0 Å². The summed E-state index contributed by atoms with van der Waals surface area (Å²) in [5.41, 5.74) is 0. The Morgan fingerprint density at radius 3 is 2.74 bits per heavy atom. The molecule has 0 spiro atoms. The van der Waals surface area contributed by atoms with Gasteiger partial charge in [-0.1, -0.05) is 0 Å². The average molecular weight is 338 g/mol. The first-order valence-electron chi connectivity index (χ1n) is 8.02. The number of hydrogen-bond acceptors (Lipinski definition) is 5. The van der Waals surface area contributed by atoms with Crippen molar-refractivity contribution in [2.24, 2.45) is 0 Å². The highest BCUT2D eigenvalue weighted by atomic mass is 32.2. The summed E-state index contributed by atoms with van der Waals surface area (Å²) >= 11 is 0. The topological polar surface area (TPSA) is 89.6 Å². The first-order valence-corrected chi connectivity index (χ1v) is 9.46. The summed E-state index contributed by atoms with van der Waals surface area (Å²) in [6.07, 6.45) is 4.68. The van der Waals surface area contributed by atoms with Crippen LogP contribution in [-0.2, 0) is 10.2 Å². The van der Waals surface area contributed by atoms with E-state index in [9.17, 15) is 8.42 Å². The van der Waals surface area contributed by atoms with Crippen LogP contribution in [0, 0.1) is 11.3 Å². The molecule has 2 aliphatic heterocycles. The molecule has 3 rings (SSSR count). The fraction of sp³-hybridized carbons (Fsp3) is 0.667. The molecule has 1 aromatic rings. The molecular weight excluding hydrogens is 316 g/mol. The summed E-state index contributed by atoms with van der Waals surface area (Å²) in [6.45, 7) is 2.44. The van der Waals surface area contributed by atoms with Gasteiger partial charge in [0.15, 0.2) is 0 Å². The Hall–Kier alpha value is -1.40. The molecule has 0 amide bonds. The Morgan fingerprint density at radius 2 is 2.09 bits per heavy atom. The van der Waals surface area contributed by atoms with Gasteiger partial charge in [-0.15, -0.1) is 0 Å². The molecule has 2 saturated heterocycles. The first-order chi connectivity index (χ1) is 11.1. The Bertz CT molecular complexity index is 645. The minimum absolute atomic E-state index is 0.0622. The normalized spacial score (nSPS) is 24.7. The van der Waals surface area contributed by atoms with Gasteiger partial charge in [0.05, 0.1) is 24.9 Å². The third-order valence-corrected chi connectivity index (χ3v) is 6.27. The van der Waals surface area contributed by atoms with Crippen molar-refractivity contribution in [1.82, 2.24) is 13.9 Å². The molecule has 1 atom stereocenters. The molecule has 0 radical (unpaired) electrons. The van der Waals surface area contributed by atoms with E-state index in [-0.39, 0.29) is 12.1 Å². The van der Waals surface area contributed by atoms with Crippen molar-refractivity contribution >= 4 is 10.2 Å². The fourth-order valence-electron chi connectivity index (χ4n) is 3.38. The number of likely N-dealkylation sites (tertiary alicyclic amines) is 1. The number of rotatable bonds is 5. The average Bonchev–Trinajstić information content (AvgIpc) is 3.20. The second-order valence-corrected chi connectivity index (χ2v) is 7.77. The van der Waals surface area contributed by atoms with Gasteiger partial charge in [0.1, 0.15) is 5.76 Å². The molecule has 0 aromatic carbocycles. The highest BCUT2D eigenvalue weighted by molar-refractivity contribution is 7.87. The molecule has 2 fully saturated rings. The number of furan rings is 1. The highest BCUT2D eigenvalue weighted by Crippen LogP contribution is 2.34. The minimum Gasteiger partial charge on any atom is -0.468 e. The van der Waals surface area contributed by atoms with Gasteiger partial charge in [0.2, 0.25) is 0 Å². The molecular formula is C15H22N4O3S. The number of piperidine rings is 1. The van der Waals surface area contributed by atoms with Gasteiger partial charge in [-0.2, -0.15) is 22.7 Å². The van der Waals surface area contributed by atoms with Crippen molar-refractivity contribution < 1.29 is 12.8 Å². The SMILES string of the molecule is N#CCN1CCC(NS(=O)(=O)N2CCC[C@@H]2c2ccco2)CC1. The first kappa shape index (κ1) is 16.5. The van der Waals surface area contributed by atoms with Crippen LogP contribution in [-0.4, -0.2) is 49.8 Å². The van der Waals surface area contributed by atoms with E-state index in [0.29, 0.717) is 18.8 Å². The molecule has 2 aliphatic rings. The smallest absolute Gasteiger partial charge is 0.280 e. The predicted octanol–water partition coefficient (Wildman–Crippen LogP) is 1.24. The quantitative estimate of drug-likeness (QED) is 0.816. The molecule has 0 saturated carbocycles. The lowest BCUT2D eigenvalue weighted by Crippen LogP contribution is -2.49. The molecule has 0 aliphatic carbocycles. The van der Waals surface area contributed by atoms with Gasteiger partial charge in [-0.3, -0.25) is 4.90 Å². The van der Waals surface area contributed by atoms with Crippen molar-refractivity contribution in [3.63, 3.8) is 0 Å². The van der Waals surface area contributed by atoms with E-state index in [0.717, 1.165) is 38.8 Å². The van der Waals surface area contributed by atoms with Crippen LogP contribution in [0.5, 0.6) is 0 Å². The van der Waals surface area contributed by atoms with Gasteiger partial charge in [0, 0.05) is 25.7 Å². The number of nitrogens with zero attached hydrogens (tertiary/aromatic N) is 3. The van der Waals surface area contributed by atoms with E-state index in [1.165, 1.54) is 4.31 Å². The lowest BCUT2D eigenvalue weighted by Gasteiger charge is -2.32. The van der Waals surface area contributed by atoms with Crippen LogP contribution >= 0.6 is 0 Å². The van der Waals surface area contributed by atoms with Gasteiger partial charge in [-0.05, 0) is 37.8 Å². The second kappa shape index (κ2) is 7.01. The van der Waals surface area contributed by atoms with Crippen molar-refractivity contribution in [1.29, 1.82) is 5.26 Å². The van der Waals surface area contributed by atoms with E-state index in [1.54, 1.807) is 12.3 Å². The van der Waals surface area contributed by atoms with E-state index in [4.69, 9.17) is 9.68 Å². The maximum atomic E-state index is 12.7. The van der Waals surface area contributed by atoms with Crippen molar-refractivity contribution in [3.05, 3.63) is 24.2 Å². The zero-order valence-corrected chi connectivity index (χ0v) is 13.8. The molecule has 23 heavy (non-hydrogen) atoms. The predicted molar refractivity (Wildman–Crippen MR) is 84.5 cm³/mol. The van der Waals surface area contributed by atoms with E-state index in [2.05, 4.69) is 10.8 Å². The number of hydrogen-bond donors (Lipinski definition) is 1. The van der Waals surface area contributed by atoms with Gasteiger partial charge >= 0.3 is 0 Å². The van der Waals surface area contributed by atoms with Crippen LogP contribution in [0.15, 0.2) is 22.8 Å². The lowest BCUT2D eigenvalue weighted by molar-refractivity contribution is 0.226. The van der Waals surface area contributed by atoms with Crippen LogP contribution < -0.4 is 4.72 Å². The summed E-state index contributed by atoms with van der Waals surface area (Å²) in [6, 6.07) is 5.49. The highest BCUT2D eigenvalue weighted by Gasteiger charge is 2.38. The van der Waals surface area contributed by atoms with E-state index in [1.807, 2.05) is 11.0 Å². The zero-order chi connectivity index (χ0) is 16.3. The summed E-state index contributed by atoms with van der Waals surface area (Å²) in [7, 11) is -3.52. The summed E-state index contributed by atoms with van der Waals surface area (Å²) < 4.78 is 35.2. The molecule has 8 heteroatoms. The van der Waals surface area contributed by atoms with Crippen molar-refractivity contribution in [2.45, 2.75) is 37.8 Å². The Morgan fingerprint density at radius 1 is 1.30 bits per heavy atom. The van der Waals surface area contributed by atoms with Gasteiger partial charge in [-0.25, -0.2) is 0 Å². The van der Waals surface area contributed by atoms with Gasteiger partial charge < -0.3 is 4.42 Å². The number of nitriles is 1. The van der Waals surface area contributed by atoms with Crippen molar-refractivity contribution in [2.75, 3.05) is 26.2 Å². The zero-order valence-electron chi connectivity index (χ0n) is 13.0. The minimum atomic E-state index is -3.52. The van der Waals surface area contributed by atoms with Crippen LogP contribution in [0.3, 0.4) is 0 Å². The standard InChI is InChI=1S/C15H22N4O3S/c16-7-11-18-9-5-13(6-10-18)17-23(20,21)19-8-1-3-14(19)15-4-2-12-22-15/h2,4,12-14,17H,1,3,5-6,8-11H2/t14-/m1/s1.